The number of rotatable bonds is 4. The predicted molar refractivity (Wildman–Crippen MR) is 70.8 cm³/mol. The molecule has 0 spiro atoms. The zero-order chi connectivity index (χ0) is 14.0. The summed E-state index contributed by atoms with van der Waals surface area (Å²) in [5.41, 5.74) is -0.0986. The molecule has 1 aliphatic carbocycles. The van der Waals surface area contributed by atoms with Crippen LogP contribution in [0.15, 0.2) is 29.2 Å². The molecule has 1 aromatic rings. The molecule has 0 aliphatic heterocycles. The highest BCUT2D eigenvalue weighted by atomic mass is 32.2. The predicted octanol–water partition coefficient (Wildman–Crippen LogP) is 1.51. The molecule has 1 fully saturated rings. The van der Waals surface area contributed by atoms with E-state index in [1.165, 1.54) is 24.3 Å². The van der Waals surface area contributed by atoms with Crippen LogP contribution in [0.2, 0.25) is 0 Å². The first-order valence-corrected chi connectivity index (χ1v) is 7.65. The Morgan fingerprint density at radius 3 is 2.37 bits per heavy atom. The van der Waals surface area contributed by atoms with Gasteiger partial charge in [-0.1, -0.05) is 0 Å². The summed E-state index contributed by atoms with van der Waals surface area (Å²) in [7, 11) is -1.56. The second kappa shape index (κ2) is 5.26. The van der Waals surface area contributed by atoms with Crippen LogP contribution in [0.1, 0.15) is 19.3 Å². The number of hydrogen-bond acceptors (Lipinski definition) is 5. The normalized spacial score (nSPS) is 23.4. The average molecular weight is 284 g/mol. The average Bonchev–Trinajstić information content (AvgIpc) is 2.88. The lowest BCUT2D eigenvalue weighted by atomic mass is 10.3. The maximum absolute atomic E-state index is 12.4. The number of sulfone groups is 1. The Morgan fingerprint density at radius 1 is 1.26 bits per heavy atom. The lowest BCUT2D eigenvalue weighted by Crippen LogP contribution is -2.25. The zero-order valence-corrected chi connectivity index (χ0v) is 11.4. The lowest BCUT2D eigenvalue weighted by Gasteiger charge is -2.12. The SMILES string of the molecule is CNC1CCC(S(=O)(=O)c2ccc([N+](=O)[O-])cc2)C1. The molecule has 1 saturated carbocycles. The Morgan fingerprint density at radius 2 is 1.89 bits per heavy atom. The van der Waals surface area contributed by atoms with Crippen LogP contribution in [-0.2, 0) is 9.84 Å². The standard InChI is InChI=1S/C12H16N2O4S/c1-13-9-2-5-12(8-9)19(17,18)11-6-3-10(4-7-11)14(15)16/h3-4,6-7,9,12-13H,2,5,8H2,1H3. The monoisotopic (exact) mass is 284 g/mol. The second-order valence-electron chi connectivity index (χ2n) is 4.72. The molecule has 0 amide bonds. The first-order valence-electron chi connectivity index (χ1n) is 6.10. The molecular formula is C12H16N2O4S. The van der Waals surface area contributed by atoms with Crippen molar-refractivity contribution in [3.8, 4) is 0 Å². The van der Waals surface area contributed by atoms with Crippen LogP contribution < -0.4 is 5.32 Å². The molecule has 7 heteroatoms. The van der Waals surface area contributed by atoms with Crippen molar-refractivity contribution in [1.29, 1.82) is 0 Å². The van der Waals surface area contributed by atoms with E-state index in [-0.39, 0.29) is 16.6 Å². The third-order valence-electron chi connectivity index (χ3n) is 3.61. The molecule has 0 bridgehead atoms. The molecule has 0 aromatic heterocycles. The number of hydrogen-bond donors (Lipinski definition) is 1. The number of nitrogens with one attached hydrogen (secondary N) is 1. The maximum atomic E-state index is 12.4. The van der Waals surface area contributed by atoms with Gasteiger partial charge in [-0.2, -0.15) is 0 Å². The highest BCUT2D eigenvalue weighted by Gasteiger charge is 2.34. The van der Waals surface area contributed by atoms with E-state index in [0.717, 1.165) is 6.42 Å². The summed E-state index contributed by atoms with van der Waals surface area (Å²) in [5.74, 6) is 0. The fourth-order valence-electron chi connectivity index (χ4n) is 2.43. The summed E-state index contributed by atoms with van der Waals surface area (Å²) < 4.78 is 24.8. The molecule has 1 N–H and O–H groups in total. The van der Waals surface area contributed by atoms with Gasteiger partial charge in [0.2, 0.25) is 0 Å². The van der Waals surface area contributed by atoms with Gasteiger partial charge >= 0.3 is 0 Å². The fraction of sp³-hybridized carbons (Fsp3) is 0.500. The lowest BCUT2D eigenvalue weighted by molar-refractivity contribution is -0.384. The van der Waals surface area contributed by atoms with Crippen molar-refractivity contribution in [2.75, 3.05) is 7.05 Å². The van der Waals surface area contributed by atoms with Crippen LogP contribution in [0.25, 0.3) is 0 Å². The minimum Gasteiger partial charge on any atom is -0.317 e. The summed E-state index contributed by atoms with van der Waals surface area (Å²) >= 11 is 0. The van der Waals surface area contributed by atoms with Gasteiger partial charge in [0.25, 0.3) is 5.69 Å². The number of non-ortho nitro benzene ring substituents is 1. The summed E-state index contributed by atoms with van der Waals surface area (Å²) in [4.78, 5) is 10.2. The van der Waals surface area contributed by atoms with Gasteiger partial charge in [-0.3, -0.25) is 10.1 Å². The van der Waals surface area contributed by atoms with Crippen LogP contribution >= 0.6 is 0 Å². The molecule has 0 radical (unpaired) electrons. The second-order valence-corrected chi connectivity index (χ2v) is 6.94. The van der Waals surface area contributed by atoms with Gasteiger partial charge in [0.15, 0.2) is 9.84 Å². The van der Waals surface area contributed by atoms with Crippen LogP contribution in [0, 0.1) is 10.1 Å². The van der Waals surface area contributed by atoms with Crippen molar-refractivity contribution in [3.63, 3.8) is 0 Å². The van der Waals surface area contributed by atoms with E-state index < -0.39 is 20.0 Å². The van der Waals surface area contributed by atoms with Crippen molar-refractivity contribution in [2.45, 2.75) is 35.4 Å². The molecule has 0 heterocycles. The quantitative estimate of drug-likeness (QED) is 0.668. The van der Waals surface area contributed by atoms with Crippen LogP contribution in [0.4, 0.5) is 5.69 Å². The fourth-order valence-corrected chi connectivity index (χ4v) is 4.27. The van der Waals surface area contributed by atoms with Gasteiger partial charge in [0.05, 0.1) is 15.1 Å². The number of nitro groups is 1. The van der Waals surface area contributed by atoms with Crippen molar-refractivity contribution in [3.05, 3.63) is 34.4 Å². The molecule has 19 heavy (non-hydrogen) atoms. The topological polar surface area (TPSA) is 89.3 Å². The van der Waals surface area contributed by atoms with Crippen LogP contribution in [0.5, 0.6) is 0 Å². The van der Waals surface area contributed by atoms with E-state index in [9.17, 15) is 18.5 Å². The highest BCUT2D eigenvalue weighted by molar-refractivity contribution is 7.92. The van der Waals surface area contributed by atoms with Gasteiger partial charge in [0, 0.05) is 18.2 Å². The molecule has 1 aliphatic rings. The van der Waals surface area contributed by atoms with E-state index in [2.05, 4.69) is 5.32 Å². The third-order valence-corrected chi connectivity index (χ3v) is 5.84. The summed E-state index contributed by atoms with van der Waals surface area (Å²) in [6.45, 7) is 0. The van der Waals surface area contributed by atoms with Gasteiger partial charge in [-0.15, -0.1) is 0 Å². The first kappa shape index (κ1) is 14.0. The van der Waals surface area contributed by atoms with Gasteiger partial charge in [-0.25, -0.2) is 8.42 Å². The van der Waals surface area contributed by atoms with E-state index >= 15 is 0 Å². The Balaban J connectivity index is 2.22. The summed E-state index contributed by atoms with van der Waals surface area (Å²) in [6, 6.07) is 5.34. The number of benzene rings is 1. The van der Waals surface area contributed by atoms with E-state index in [1.807, 2.05) is 7.05 Å². The summed E-state index contributed by atoms with van der Waals surface area (Å²) in [5, 5.41) is 13.2. The van der Waals surface area contributed by atoms with Crippen LogP contribution in [-0.4, -0.2) is 31.7 Å². The maximum Gasteiger partial charge on any atom is 0.269 e. The smallest absolute Gasteiger partial charge is 0.269 e. The molecule has 6 nitrogen and oxygen atoms in total. The Labute approximate surface area is 111 Å². The van der Waals surface area contributed by atoms with Crippen molar-refractivity contribution < 1.29 is 13.3 Å². The van der Waals surface area contributed by atoms with Crippen LogP contribution in [0.3, 0.4) is 0 Å². The minimum absolute atomic E-state index is 0.0986. The number of nitro benzene ring substituents is 1. The highest BCUT2D eigenvalue weighted by Crippen LogP contribution is 2.30. The molecule has 2 unspecified atom stereocenters. The van der Waals surface area contributed by atoms with Crippen molar-refractivity contribution in [1.82, 2.24) is 5.32 Å². The van der Waals surface area contributed by atoms with Crippen molar-refractivity contribution in [2.24, 2.45) is 0 Å². The van der Waals surface area contributed by atoms with E-state index in [1.54, 1.807) is 0 Å². The van der Waals surface area contributed by atoms with E-state index in [4.69, 9.17) is 0 Å². The molecule has 104 valence electrons. The molecule has 2 rings (SSSR count). The molecule has 1 aromatic carbocycles. The molecule has 0 saturated heterocycles. The Hall–Kier alpha value is -1.47. The van der Waals surface area contributed by atoms with Gasteiger partial charge in [0.1, 0.15) is 0 Å². The minimum atomic E-state index is -3.39. The summed E-state index contributed by atoms with van der Waals surface area (Å²) in [6.07, 6.45) is 2.06. The zero-order valence-electron chi connectivity index (χ0n) is 10.6. The Kier molecular flexibility index (Phi) is 3.86. The largest absolute Gasteiger partial charge is 0.317 e. The first-order chi connectivity index (χ1) is 8.95. The van der Waals surface area contributed by atoms with Gasteiger partial charge < -0.3 is 5.32 Å². The Bertz CT molecular complexity index is 568. The third kappa shape index (κ3) is 2.76. The molecule has 2 atom stereocenters. The molecular weight excluding hydrogens is 268 g/mol. The van der Waals surface area contributed by atoms with Gasteiger partial charge in [-0.05, 0) is 38.4 Å². The number of nitrogens with zero attached hydrogens (tertiary/aromatic N) is 1. The van der Waals surface area contributed by atoms with Crippen molar-refractivity contribution >= 4 is 15.5 Å². The van der Waals surface area contributed by atoms with E-state index in [0.29, 0.717) is 12.8 Å².